The number of rotatable bonds is 5. The van der Waals surface area contributed by atoms with Crippen LogP contribution in [-0.4, -0.2) is 42.6 Å². The molecule has 0 spiro atoms. The van der Waals surface area contributed by atoms with E-state index >= 15 is 0 Å². The van der Waals surface area contributed by atoms with E-state index in [4.69, 9.17) is 9.84 Å². The zero-order valence-corrected chi connectivity index (χ0v) is 11.2. The van der Waals surface area contributed by atoms with Gasteiger partial charge >= 0.3 is 5.97 Å². The van der Waals surface area contributed by atoms with Crippen LogP contribution in [0.4, 0.5) is 0 Å². The van der Waals surface area contributed by atoms with Crippen LogP contribution < -0.4 is 4.74 Å². The summed E-state index contributed by atoms with van der Waals surface area (Å²) in [5.74, 6) is -0.646. The van der Waals surface area contributed by atoms with Crippen molar-refractivity contribution in [2.45, 2.75) is 6.92 Å². The van der Waals surface area contributed by atoms with Gasteiger partial charge in [0.2, 0.25) is 0 Å². The first kappa shape index (κ1) is 14.8. The van der Waals surface area contributed by atoms with Crippen LogP contribution in [-0.2, 0) is 4.79 Å². The third kappa shape index (κ3) is 3.84. The van der Waals surface area contributed by atoms with Crippen molar-refractivity contribution in [1.82, 2.24) is 4.90 Å². The van der Waals surface area contributed by atoms with Crippen LogP contribution in [0.2, 0.25) is 0 Å². The fraction of sp³-hybridized carbons (Fsp3) is 0.286. The monoisotopic (exact) mass is 263 g/mol. The molecule has 5 heteroatoms. The number of ether oxygens (including phenoxy) is 1. The fourth-order valence-electron chi connectivity index (χ4n) is 1.52. The Kier molecular flexibility index (Phi) is 5.11. The summed E-state index contributed by atoms with van der Waals surface area (Å²) in [6, 6.07) is 4.93. The van der Waals surface area contributed by atoms with Crippen LogP contribution in [0.15, 0.2) is 24.3 Å². The molecule has 0 fully saturated rings. The van der Waals surface area contributed by atoms with Gasteiger partial charge in [-0.2, -0.15) is 0 Å². The maximum absolute atomic E-state index is 12.0. The Hall–Kier alpha value is -2.30. The number of methoxy groups -OCH3 is 1. The minimum absolute atomic E-state index is 0.116. The molecular formula is C14H17NO4. The van der Waals surface area contributed by atoms with E-state index in [1.807, 2.05) is 6.92 Å². The van der Waals surface area contributed by atoms with Crippen LogP contribution in [0, 0.1) is 0 Å². The normalized spacial score (nSPS) is 10.5. The molecule has 0 radical (unpaired) electrons. The van der Waals surface area contributed by atoms with E-state index in [2.05, 4.69) is 0 Å². The van der Waals surface area contributed by atoms with Crippen molar-refractivity contribution >= 4 is 18.0 Å². The number of amides is 1. The molecule has 0 atom stereocenters. The minimum Gasteiger partial charge on any atom is -0.496 e. The summed E-state index contributed by atoms with van der Waals surface area (Å²) < 4.78 is 5.13. The van der Waals surface area contributed by atoms with Gasteiger partial charge in [0, 0.05) is 30.8 Å². The number of nitrogens with zero attached hydrogens (tertiary/aromatic N) is 1. The lowest BCUT2D eigenvalue weighted by atomic mass is 10.1. The number of benzene rings is 1. The van der Waals surface area contributed by atoms with Crippen LogP contribution in [0.5, 0.6) is 5.75 Å². The summed E-state index contributed by atoms with van der Waals surface area (Å²) in [4.78, 5) is 24.1. The largest absolute Gasteiger partial charge is 0.496 e. The second kappa shape index (κ2) is 6.58. The molecule has 19 heavy (non-hydrogen) atoms. The lowest BCUT2D eigenvalue weighted by Gasteiger charge is -2.15. The van der Waals surface area contributed by atoms with Gasteiger partial charge in [0.15, 0.2) is 0 Å². The van der Waals surface area contributed by atoms with Crippen molar-refractivity contribution in [1.29, 1.82) is 0 Å². The van der Waals surface area contributed by atoms with E-state index in [-0.39, 0.29) is 5.91 Å². The molecule has 1 amide bonds. The smallest absolute Gasteiger partial charge is 0.328 e. The number of hydrogen-bond donors (Lipinski definition) is 1. The molecule has 0 aliphatic heterocycles. The SMILES string of the molecule is CCN(C)C(=O)c1ccc(OC)c(/C=C/C(=O)O)c1. The van der Waals surface area contributed by atoms with E-state index in [1.54, 1.807) is 30.1 Å². The van der Waals surface area contributed by atoms with Gasteiger partial charge in [-0.05, 0) is 31.2 Å². The second-order valence-electron chi connectivity index (χ2n) is 3.95. The molecule has 0 unspecified atom stereocenters. The molecule has 0 bridgehead atoms. The first-order valence-electron chi connectivity index (χ1n) is 5.84. The molecule has 1 aromatic carbocycles. The summed E-state index contributed by atoms with van der Waals surface area (Å²) in [6.45, 7) is 2.48. The predicted octanol–water partition coefficient (Wildman–Crippen LogP) is 1.88. The number of aliphatic carboxylic acids is 1. The lowest BCUT2D eigenvalue weighted by molar-refractivity contribution is -0.131. The summed E-state index contributed by atoms with van der Waals surface area (Å²) in [7, 11) is 3.20. The number of carbonyl (C=O) groups excluding carboxylic acids is 1. The molecule has 0 saturated heterocycles. The molecule has 102 valence electrons. The highest BCUT2D eigenvalue weighted by molar-refractivity contribution is 5.95. The Morgan fingerprint density at radius 2 is 2.11 bits per heavy atom. The standard InChI is InChI=1S/C14H17NO4/c1-4-15(2)14(18)11-5-7-12(19-3)10(9-11)6-8-13(16)17/h5-9H,4H2,1-3H3,(H,16,17)/b8-6+. The van der Waals surface area contributed by atoms with Gasteiger partial charge in [0.1, 0.15) is 5.75 Å². The van der Waals surface area contributed by atoms with Crippen molar-refractivity contribution in [2.75, 3.05) is 20.7 Å². The first-order chi connectivity index (χ1) is 8.99. The summed E-state index contributed by atoms with van der Waals surface area (Å²) in [5, 5.41) is 8.64. The van der Waals surface area contributed by atoms with Crippen molar-refractivity contribution in [3.8, 4) is 5.75 Å². The number of carboxylic acid groups (broad SMARTS) is 1. The van der Waals surface area contributed by atoms with E-state index in [0.29, 0.717) is 23.4 Å². The van der Waals surface area contributed by atoms with E-state index in [9.17, 15) is 9.59 Å². The molecule has 0 aromatic heterocycles. The maximum atomic E-state index is 12.0. The molecular weight excluding hydrogens is 246 g/mol. The number of carboxylic acids is 1. The third-order valence-electron chi connectivity index (χ3n) is 2.70. The quantitative estimate of drug-likeness (QED) is 0.824. The van der Waals surface area contributed by atoms with Crippen LogP contribution in [0.1, 0.15) is 22.8 Å². The van der Waals surface area contributed by atoms with Gasteiger partial charge in [-0.15, -0.1) is 0 Å². The second-order valence-corrected chi connectivity index (χ2v) is 3.95. The molecule has 0 aliphatic rings. The number of carbonyl (C=O) groups is 2. The average Bonchev–Trinajstić information content (AvgIpc) is 2.42. The van der Waals surface area contributed by atoms with Gasteiger partial charge in [-0.25, -0.2) is 4.79 Å². The highest BCUT2D eigenvalue weighted by Gasteiger charge is 2.12. The van der Waals surface area contributed by atoms with Gasteiger partial charge < -0.3 is 14.7 Å². The molecule has 1 N–H and O–H groups in total. The van der Waals surface area contributed by atoms with Crippen molar-refractivity contribution in [3.63, 3.8) is 0 Å². The summed E-state index contributed by atoms with van der Waals surface area (Å²) in [6.07, 6.45) is 2.42. The third-order valence-corrected chi connectivity index (χ3v) is 2.70. The Balaban J connectivity index is 3.14. The van der Waals surface area contributed by atoms with Gasteiger partial charge in [0.25, 0.3) is 5.91 Å². The Morgan fingerprint density at radius 3 is 2.63 bits per heavy atom. The fourth-order valence-corrected chi connectivity index (χ4v) is 1.52. The minimum atomic E-state index is -1.05. The maximum Gasteiger partial charge on any atom is 0.328 e. The topological polar surface area (TPSA) is 66.8 Å². The lowest BCUT2D eigenvalue weighted by Crippen LogP contribution is -2.26. The van der Waals surface area contributed by atoms with Crippen LogP contribution in [0.25, 0.3) is 6.08 Å². The zero-order chi connectivity index (χ0) is 14.4. The molecule has 5 nitrogen and oxygen atoms in total. The number of hydrogen-bond acceptors (Lipinski definition) is 3. The summed E-state index contributed by atoms with van der Waals surface area (Å²) in [5.41, 5.74) is 1.05. The predicted molar refractivity (Wildman–Crippen MR) is 72.3 cm³/mol. The van der Waals surface area contributed by atoms with E-state index < -0.39 is 5.97 Å². The summed E-state index contributed by atoms with van der Waals surface area (Å²) >= 11 is 0. The van der Waals surface area contributed by atoms with Crippen molar-refractivity contribution in [3.05, 3.63) is 35.4 Å². The van der Waals surface area contributed by atoms with Crippen LogP contribution in [0.3, 0.4) is 0 Å². The highest BCUT2D eigenvalue weighted by Crippen LogP contribution is 2.22. The first-order valence-corrected chi connectivity index (χ1v) is 5.84. The average molecular weight is 263 g/mol. The Morgan fingerprint density at radius 1 is 1.42 bits per heavy atom. The van der Waals surface area contributed by atoms with Crippen molar-refractivity contribution in [2.24, 2.45) is 0 Å². The molecule has 0 aliphatic carbocycles. The van der Waals surface area contributed by atoms with Gasteiger partial charge in [-0.1, -0.05) is 0 Å². The highest BCUT2D eigenvalue weighted by atomic mass is 16.5. The Labute approximate surface area is 112 Å². The van der Waals surface area contributed by atoms with E-state index in [0.717, 1.165) is 6.08 Å². The van der Waals surface area contributed by atoms with Gasteiger partial charge in [-0.3, -0.25) is 4.79 Å². The van der Waals surface area contributed by atoms with Crippen LogP contribution >= 0.6 is 0 Å². The van der Waals surface area contributed by atoms with Crippen molar-refractivity contribution < 1.29 is 19.4 Å². The molecule has 0 saturated carbocycles. The zero-order valence-electron chi connectivity index (χ0n) is 11.2. The molecule has 1 aromatic rings. The van der Waals surface area contributed by atoms with E-state index in [1.165, 1.54) is 13.2 Å². The van der Waals surface area contributed by atoms with Gasteiger partial charge in [0.05, 0.1) is 7.11 Å². The Bertz CT molecular complexity index is 508. The molecule has 1 rings (SSSR count). The molecule has 0 heterocycles.